The third kappa shape index (κ3) is 2.95. The molecular weight excluding hydrogens is 304 g/mol. The SMILES string of the molecule is Cc1cccc(CNS(=O)(=O)c2ccc3[nH]c(=O)oc3c2)c1. The minimum atomic E-state index is -3.68. The molecule has 0 amide bonds. The highest BCUT2D eigenvalue weighted by Gasteiger charge is 2.15. The predicted octanol–water partition coefficient (Wildman–Crippen LogP) is 1.91. The summed E-state index contributed by atoms with van der Waals surface area (Å²) in [5.41, 5.74) is 2.61. The molecule has 1 heterocycles. The second-order valence-corrected chi connectivity index (χ2v) is 6.75. The smallest absolute Gasteiger partial charge is 0.408 e. The molecule has 3 rings (SSSR count). The summed E-state index contributed by atoms with van der Waals surface area (Å²) in [6.07, 6.45) is 0. The molecule has 0 unspecified atom stereocenters. The maximum absolute atomic E-state index is 12.3. The molecular formula is C15H14N2O4S. The van der Waals surface area contributed by atoms with Gasteiger partial charge in [0.1, 0.15) is 0 Å². The fourth-order valence-electron chi connectivity index (χ4n) is 2.18. The van der Waals surface area contributed by atoms with Gasteiger partial charge in [-0.05, 0) is 24.6 Å². The zero-order valence-electron chi connectivity index (χ0n) is 11.8. The van der Waals surface area contributed by atoms with Gasteiger partial charge in [0.2, 0.25) is 10.0 Å². The van der Waals surface area contributed by atoms with Crippen LogP contribution in [0.2, 0.25) is 0 Å². The number of benzene rings is 2. The van der Waals surface area contributed by atoms with Gasteiger partial charge in [-0.15, -0.1) is 0 Å². The third-order valence-electron chi connectivity index (χ3n) is 3.25. The summed E-state index contributed by atoms with van der Waals surface area (Å²) < 4.78 is 32.0. The first-order valence-corrected chi connectivity index (χ1v) is 8.10. The summed E-state index contributed by atoms with van der Waals surface area (Å²) in [6.45, 7) is 2.14. The maximum atomic E-state index is 12.3. The Morgan fingerprint density at radius 3 is 2.77 bits per heavy atom. The molecule has 0 spiro atoms. The summed E-state index contributed by atoms with van der Waals surface area (Å²) in [7, 11) is -3.68. The van der Waals surface area contributed by atoms with Crippen LogP contribution in [0.4, 0.5) is 0 Å². The molecule has 0 aliphatic carbocycles. The van der Waals surface area contributed by atoms with Crippen LogP contribution in [-0.2, 0) is 16.6 Å². The van der Waals surface area contributed by atoms with Gasteiger partial charge in [0.05, 0.1) is 10.4 Å². The lowest BCUT2D eigenvalue weighted by Crippen LogP contribution is -2.23. The van der Waals surface area contributed by atoms with E-state index in [1.165, 1.54) is 18.2 Å². The number of aromatic nitrogens is 1. The van der Waals surface area contributed by atoms with Crippen molar-refractivity contribution in [1.29, 1.82) is 0 Å². The zero-order chi connectivity index (χ0) is 15.7. The van der Waals surface area contributed by atoms with Gasteiger partial charge in [0, 0.05) is 12.6 Å². The summed E-state index contributed by atoms with van der Waals surface area (Å²) in [4.78, 5) is 13.6. The Balaban J connectivity index is 1.86. The summed E-state index contributed by atoms with van der Waals surface area (Å²) in [5.74, 6) is -0.614. The number of sulfonamides is 1. The van der Waals surface area contributed by atoms with E-state index in [1.807, 2.05) is 31.2 Å². The Labute approximate surface area is 126 Å². The van der Waals surface area contributed by atoms with E-state index < -0.39 is 15.8 Å². The normalized spacial score (nSPS) is 11.9. The molecule has 0 bridgehead atoms. The highest BCUT2D eigenvalue weighted by atomic mass is 32.2. The van der Waals surface area contributed by atoms with Crippen molar-refractivity contribution in [2.75, 3.05) is 0 Å². The molecule has 22 heavy (non-hydrogen) atoms. The number of fused-ring (bicyclic) bond motifs is 1. The van der Waals surface area contributed by atoms with Gasteiger partial charge in [0.25, 0.3) is 0 Å². The predicted molar refractivity (Wildman–Crippen MR) is 82.0 cm³/mol. The van der Waals surface area contributed by atoms with Crippen LogP contribution in [0.25, 0.3) is 11.1 Å². The van der Waals surface area contributed by atoms with Crippen molar-refractivity contribution in [1.82, 2.24) is 9.71 Å². The lowest BCUT2D eigenvalue weighted by molar-refractivity contribution is 0.553. The van der Waals surface area contributed by atoms with Crippen molar-refractivity contribution < 1.29 is 12.8 Å². The minimum Gasteiger partial charge on any atom is -0.408 e. The van der Waals surface area contributed by atoms with Crippen LogP contribution in [0.5, 0.6) is 0 Å². The minimum absolute atomic E-state index is 0.0513. The standard InChI is InChI=1S/C15H14N2O4S/c1-10-3-2-4-11(7-10)9-16-22(19,20)12-5-6-13-14(8-12)21-15(18)17-13/h2-8,16H,9H2,1H3,(H,17,18). The maximum Gasteiger partial charge on any atom is 0.417 e. The van der Waals surface area contributed by atoms with E-state index in [-0.39, 0.29) is 17.0 Å². The number of aryl methyl sites for hydroxylation is 1. The Morgan fingerprint density at radius 1 is 1.18 bits per heavy atom. The third-order valence-corrected chi connectivity index (χ3v) is 4.65. The van der Waals surface area contributed by atoms with Gasteiger partial charge < -0.3 is 4.42 Å². The topological polar surface area (TPSA) is 92.2 Å². The van der Waals surface area contributed by atoms with Crippen LogP contribution < -0.4 is 10.5 Å². The van der Waals surface area contributed by atoms with Crippen LogP contribution in [0.3, 0.4) is 0 Å². The van der Waals surface area contributed by atoms with Crippen molar-refractivity contribution in [3.8, 4) is 0 Å². The fourth-order valence-corrected chi connectivity index (χ4v) is 3.21. The zero-order valence-corrected chi connectivity index (χ0v) is 12.6. The van der Waals surface area contributed by atoms with Crippen LogP contribution >= 0.6 is 0 Å². The number of rotatable bonds is 4. The van der Waals surface area contributed by atoms with Crippen molar-refractivity contribution in [3.05, 3.63) is 64.1 Å². The molecule has 0 aliphatic heterocycles. The van der Waals surface area contributed by atoms with E-state index in [4.69, 9.17) is 4.42 Å². The van der Waals surface area contributed by atoms with Crippen LogP contribution in [0.15, 0.2) is 56.6 Å². The molecule has 2 N–H and O–H groups in total. The van der Waals surface area contributed by atoms with Gasteiger partial charge in [-0.1, -0.05) is 29.8 Å². The first kappa shape index (κ1) is 14.6. The average Bonchev–Trinajstić information content (AvgIpc) is 2.84. The number of H-pyrrole nitrogens is 1. The molecule has 6 nitrogen and oxygen atoms in total. The van der Waals surface area contributed by atoms with Gasteiger partial charge in [0.15, 0.2) is 5.58 Å². The molecule has 0 radical (unpaired) electrons. The van der Waals surface area contributed by atoms with E-state index in [1.54, 1.807) is 0 Å². The molecule has 7 heteroatoms. The molecule has 0 saturated carbocycles. The number of oxazole rings is 1. The first-order chi connectivity index (χ1) is 10.4. The Bertz CT molecular complexity index is 986. The van der Waals surface area contributed by atoms with Crippen LogP contribution in [0.1, 0.15) is 11.1 Å². The van der Waals surface area contributed by atoms with E-state index in [9.17, 15) is 13.2 Å². The lowest BCUT2D eigenvalue weighted by Gasteiger charge is -2.07. The van der Waals surface area contributed by atoms with Gasteiger partial charge in [-0.25, -0.2) is 17.9 Å². The molecule has 0 fully saturated rings. The second kappa shape index (κ2) is 5.43. The van der Waals surface area contributed by atoms with Crippen molar-refractivity contribution in [2.24, 2.45) is 0 Å². The Morgan fingerprint density at radius 2 is 2.00 bits per heavy atom. The highest BCUT2D eigenvalue weighted by Crippen LogP contribution is 2.17. The molecule has 3 aromatic rings. The molecule has 2 aromatic carbocycles. The van der Waals surface area contributed by atoms with E-state index in [0.29, 0.717) is 5.52 Å². The fraction of sp³-hybridized carbons (Fsp3) is 0.133. The number of hydrogen-bond acceptors (Lipinski definition) is 4. The quantitative estimate of drug-likeness (QED) is 0.768. The molecule has 1 aromatic heterocycles. The van der Waals surface area contributed by atoms with Crippen molar-refractivity contribution in [2.45, 2.75) is 18.4 Å². The molecule has 114 valence electrons. The van der Waals surface area contributed by atoms with Gasteiger partial charge in [-0.2, -0.15) is 0 Å². The molecule has 0 aliphatic rings. The summed E-state index contributed by atoms with van der Waals surface area (Å²) >= 11 is 0. The largest absolute Gasteiger partial charge is 0.417 e. The van der Waals surface area contributed by atoms with Crippen LogP contribution in [0, 0.1) is 6.92 Å². The number of aromatic amines is 1. The molecule has 0 saturated heterocycles. The van der Waals surface area contributed by atoms with Gasteiger partial charge >= 0.3 is 5.76 Å². The average molecular weight is 318 g/mol. The van der Waals surface area contributed by atoms with Gasteiger partial charge in [-0.3, -0.25) is 4.98 Å². The monoisotopic (exact) mass is 318 g/mol. The highest BCUT2D eigenvalue weighted by molar-refractivity contribution is 7.89. The lowest BCUT2D eigenvalue weighted by atomic mass is 10.1. The van der Waals surface area contributed by atoms with Crippen molar-refractivity contribution >= 4 is 21.1 Å². The Kier molecular flexibility index (Phi) is 3.59. The van der Waals surface area contributed by atoms with Crippen LogP contribution in [-0.4, -0.2) is 13.4 Å². The van der Waals surface area contributed by atoms with E-state index in [2.05, 4.69) is 9.71 Å². The van der Waals surface area contributed by atoms with E-state index in [0.717, 1.165) is 11.1 Å². The number of nitrogens with one attached hydrogen (secondary N) is 2. The Hall–Kier alpha value is -2.38. The van der Waals surface area contributed by atoms with E-state index >= 15 is 0 Å². The molecule has 0 atom stereocenters. The summed E-state index contributed by atoms with van der Waals surface area (Å²) in [6, 6.07) is 11.8. The first-order valence-electron chi connectivity index (χ1n) is 6.62. The number of hydrogen-bond donors (Lipinski definition) is 2. The second-order valence-electron chi connectivity index (χ2n) is 4.99. The summed E-state index contributed by atoms with van der Waals surface area (Å²) in [5, 5.41) is 0. The van der Waals surface area contributed by atoms with Crippen molar-refractivity contribution in [3.63, 3.8) is 0 Å².